The normalized spacial score (nSPS) is 17.9. The molecule has 154 valence electrons. The van der Waals surface area contributed by atoms with Crippen LogP contribution in [-0.4, -0.2) is 41.8 Å². The molecule has 1 fully saturated rings. The third-order valence-corrected chi connectivity index (χ3v) is 6.02. The minimum Gasteiger partial charge on any atom is -0.308 e. The lowest BCUT2D eigenvalue weighted by Gasteiger charge is -2.20. The van der Waals surface area contributed by atoms with Crippen LogP contribution in [0.5, 0.6) is 0 Å². The second-order valence-corrected chi connectivity index (χ2v) is 8.25. The van der Waals surface area contributed by atoms with Gasteiger partial charge < -0.3 is 4.90 Å². The van der Waals surface area contributed by atoms with Crippen molar-refractivity contribution in [3.63, 3.8) is 0 Å². The van der Waals surface area contributed by atoms with E-state index in [9.17, 15) is 31.2 Å². The van der Waals surface area contributed by atoms with Crippen LogP contribution in [-0.2, 0) is 21.2 Å². The van der Waals surface area contributed by atoms with E-state index in [-0.39, 0.29) is 12.2 Å². The van der Waals surface area contributed by atoms with Gasteiger partial charge in [-0.15, -0.1) is 0 Å². The molecule has 29 heavy (non-hydrogen) atoms. The van der Waals surface area contributed by atoms with Crippen LogP contribution in [0.25, 0.3) is 0 Å². The fourth-order valence-electron chi connectivity index (χ4n) is 3.04. The fraction of sp³-hybridized carbons (Fsp3) is 0.278. The number of aromatic nitrogens is 1. The number of nitrogens with zero attached hydrogens (tertiary/aromatic N) is 3. The summed E-state index contributed by atoms with van der Waals surface area (Å²) < 4.78 is 61.0. The van der Waals surface area contributed by atoms with Gasteiger partial charge in [0, 0.05) is 18.9 Å². The van der Waals surface area contributed by atoms with Crippen molar-refractivity contribution in [3.8, 4) is 0 Å². The predicted molar refractivity (Wildman–Crippen MR) is 96.4 cm³/mol. The predicted octanol–water partition coefficient (Wildman–Crippen LogP) is 3.12. The van der Waals surface area contributed by atoms with Crippen molar-refractivity contribution in [2.24, 2.45) is 0 Å². The Labute approximate surface area is 164 Å². The molecule has 1 aliphatic heterocycles. The molecule has 1 atom stereocenters. The Hall–Kier alpha value is -2.95. The number of anilines is 1. The molecule has 2 heterocycles. The molecule has 7 nitrogen and oxygen atoms in total. The first kappa shape index (κ1) is 20.8. The topological polar surface area (TPSA) is 87.7 Å². The van der Waals surface area contributed by atoms with Crippen LogP contribution in [0.3, 0.4) is 0 Å². The van der Waals surface area contributed by atoms with Crippen molar-refractivity contribution >= 4 is 27.5 Å². The number of carbonyl (C=O) groups is 2. The number of hydrogen-bond acceptors (Lipinski definition) is 5. The van der Waals surface area contributed by atoms with Crippen molar-refractivity contribution in [1.29, 1.82) is 0 Å². The van der Waals surface area contributed by atoms with Gasteiger partial charge in [-0.1, -0.05) is 6.92 Å². The number of pyridine rings is 1. The van der Waals surface area contributed by atoms with Gasteiger partial charge in [0.1, 0.15) is 6.04 Å². The maximum Gasteiger partial charge on any atom is 0.501 e. The van der Waals surface area contributed by atoms with Crippen LogP contribution >= 0.6 is 0 Å². The smallest absolute Gasteiger partial charge is 0.308 e. The van der Waals surface area contributed by atoms with Crippen LogP contribution in [0, 0.1) is 0 Å². The zero-order valence-electron chi connectivity index (χ0n) is 15.1. The molecule has 2 aromatic rings. The van der Waals surface area contributed by atoms with E-state index in [4.69, 9.17) is 0 Å². The Morgan fingerprint density at radius 2 is 1.62 bits per heavy atom. The summed E-state index contributed by atoms with van der Waals surface area (Å²) in [5.41, 5.74) is -4.69. The van der Waals surface area contributed by atoms with Gasteiger partial charge in [0.15, 0.2) is 0 Å². The summed E-state index contributed by atoms with van der Waals surface area (Å²) in [6.45, 7) is 1.89. The molecule has 3 rings (SSSR count). The molecule has 0 bridgehead atoms. The van der Waals surface area contributed by atoms with E-state index in [0.717, 1.165) is 34.7 Å². The zero-order valence-corrected chi connectivity index (χ0v) is 15.9. The van der Waals surface area contributed by atoms with Gasteiger partial charge in [-0.3, -0.25) is 9.78 Å². The van der Waals surface area contributed by atoms with Gasteiger partial charge in [-0.25, -0.2) is 18.1 Å². The average Bonchev–Trinajstić information content (AvgIpc) is 2.91. The highest BCUT2D eigenvalue weighted by atomic mass is 32.2. The summed E-state index contributed by atoms with van der Waals surface area (Å²) in [7, 11) is -5.52. The second kappa shape index (κ2) is 7.47. The molecule has 11 heteroatoms. The third-order valence-electron chi connectivity index (χ3n) is 4.52. The number of urea groups is 1. The van der Waals surface area contributed by atoms with Crippen LogP contribution in [0.4, 0.5) is 23.7 Å². The van der Waals surface area contributed by atoms with E-state index in [2.05, 4.69) is 4.98 Å². The maximum atomic E-state index is 12.8. The first-order valence-electron chi connectivity index (χ1n) is 8.52. The minimum atomic E-state index is -5.52. The summed E-state index contributed by atoms with van der Waals surface area (Å²) in [6.07, 6.45) is 3.44. The van der Waals surface area contributed by atoms with Crippen molar-refractivity contribution < 1.29 is 31.2 Å². The number of carbonyl (C=O) groups excluding carboxylic acids is 2. The van der Waals surface area contributed by atoms with E-state index >= 15 is 0 Å². The molecule has 3 amide bonds. The Morgan fingerprint density at radius 1 is 1.03 bits per heavy atom. The van der Waals surface area contributed by atoms with E-state index in [0.29, 0.717) is 6.42 Å². The molecular weight excluding hydrogens is 411 g/mol. The van der Waals surface area contributed by atoms with E-state index in [1.54, 1.807) is 31.5 Å². The van der Waals surface area contributed by atoms with E-state index < -0.39 is 38.2 Å². The maximum absolute atomic E-state index is 12.8. The van der Waals surface area contributed by atoms with Crippen LogP contribution in [0.2, 0.25) is 0 Å². The van der Waals surface area contributed by atoms with Crippen LogP contribution in [0.15, 0.2) is 53.7 Å². The van der Waals surface area contributed by atoms with Crippen molar-refractivity contribution in [1.82, 2.24) is 9.88 Å². The molecule has 0 spiro atoms. The highest BCUT2D eigenvalue weighted by molar-refractivity contribution is 7.92. The van der Waals surface area contributed by atoms with Gasteiger partial charge in [-0.05, 0) is 48.4 Å². The molecule has 1 aromatic carbocycles. The zero-order chi connectivity index (χ0) is 21.4. The number of alkyl halides is 3. The lowest BCUT2D eigenvalue weighted by Crippen LogP contribution is -2.34. The number of benzene rings is 1. The van der Waals surface area contributed by atoms with Crippen LogP contribution in [0.1, 0.15) is 18.9 Å². The first-order chi connectivity index (χ1) is 13.6. The monoisotopic (exact) mass is 427 g/mol. The van der Waals surface area contributed by atoms with Crippen molar-refractivity contribution in [2.45, 2.75) is 36.3 Å². The number of imide groups is 1. The molecule has 1 saturated heterocycles. The lowest BCUT2D eigenvalue weighted by atomic mass is 10.1. The number of halogens is 3. The van der Waals surface area contributed by atoms with Gasteiger partial charge in [-0.2, -0.15) is 13.2 Å². The molecule has 1 aliphatic rings. The third kappa shape index (κ3) is 3.69. The highest BCUT2D eigenvalue weighted by Crippen LogP contribution is 2.33. The summed E-state index contributed by atoms with van der Waals surface area (Å²) in [5, 5.41) is 0. The molecule has 0 saturated carbocycles. The molecule has 0 radical (unpaired) electrons. The van der Waals surface area contributed by atoms with E-state index in [1.807, 2.05) is 0 Å². The number of rotatable bonds is 5. The van der Waals surface area contributed by atoms with Gasteiger partial charge in [0.25, 0.3) is 15.7 Å². The second-order valence-electron chi connectivity index (χ2n) is 6.31. The van der Waals surface area contributed by atoms with Crippen molar-refractivity contribution in [2.75, 3.05) is 4.90 Å². The number of sulfone groups is 1. The van der Waals surface area contributed by atoms with Crippen LogP contribution < -0.4 is 4.90 Å². The minimum absolute atomic E-state index is 0.00296. The molecule has 0 unspecified atom stereocenters. The number of amides is 3. The summed E-state index contributed by atoms with van der Waals surface area (Å²) >= 11 is 0. The largest absolute Gasteiger partial charge is 0.501 e. The quantitative estimate of drug-likeness (QED) is 0.685. The SMILES string of the molecule is CC[C@@H]1C(=O)N(c2ccc(S(=O)(=O)C(F)(F)F)cc2)C(=O)N1Cc1ccncc1. The van der Waals surface area contributed by atoms with Gasteiger partial charge >= 0.3 is 11.5 Å². The van der Waals surface area contributed by atoms with Gasteiger partial charge in [0.2, 0.25) is 0 Å². The lowest BCUT2D eigenvalue weighted by molar-refractivity contribution is -0.119. The van der Waals surface area contributed by atoms with Gasteiger partial charge in [0.05, 0.1) is 10.6 Å². The van der Waals surface area contributed by atoms with E-state index in [1.165, 1.54) is 4.90 Å². The number of hydrogen-bond donors (Lipinski definition) is 0. The summed E-state index contributed by atoms with van der Waals surface area (Å²) in [4.78, 5) is 30.7. The summed E-state index contributed by atoms with van der Waals surface area (Å²) in [5.74, 6) is -0.530. The Kier molecular flexibility index (Phi) is 5.35. The average molecular weight is 427 g/mol. The Bertz CT molecular complexity index is 1020. The molecule has 1 aromatic heterocycles. The Balaban J connectivity index is 1.91. The highest BCUT2D eigenvalue weighted by Gasteiger charge is 2.48. The standard InChI is InChI=1S/C18H16F3N3O4S/c1-2-15-16(25)24(17(26)23(15)11-12-7-9-22-10-8-12)13-3-5-14(6-4-13)29(27,28)18(19,20)21/h3-10,15H,2,11H2,1H3/t15-/m1/s1. The fourth-order valence-corrected chi connectivity index (χ4v) is 3.80. The molecule has 0 aliphatic carbocycles. The first-order valence-corrected chi connectivity index (χ1v) is 10.0. The molecular formula is C18H16F3N3O4S. The Morgan fingerprint density at radius 3 is 2.14 bits per heavy atom. The van der Waals surface area contributed by atoms with Crippen molar-refractivity contribution in [3.05, 3.63) is 54.4 Å². The summed E-state index contributed by atoms with van der Waals surface area (Å²) in [6, 6.07) is 5.50. The molecule has 0 N–H and O–H groups in total.